The number of aryl methyl sites for hydroxylation is 1. The average Bonchev–Trinajstić information content (AvgIpc) is 2.75. The van der Waals surface area contributed by atoms with E-state index in [-0.39, 0.29) is 18.0 Å². The molecule has 0 saturated heterocycles. The minimum Gasteiger partial charge on any atom is -0.507 e. The summed E-state index contributed by atoms with van der Waals surface area (Å²) in [5, 5.41) is 17.2. The zero-order valence-electron chi connectivity index (χ0n) is 20.5. The van der Waals surface area contributed by atoms with Gasteiger partial charge in [-0.3, -0.25) is 14.4 Å². The number of hydrogen-bond donors (Lipinski definition) is 5. The Balaban J connectivity index is 2.06. The van der Waals surface area contributed by atoms with E-state index in [1.54, 1.807) is 39.8 Å². The molecule has 3 amide bonds. The van der Waals surface area contributed by atoms with Gasteiger partial charge >= 0.3 is 0 Å². The number of amides is 3. The minimum atomic E-state index is -4.13. The van der Waals surface area contributed by atoms with E-state index < -0.39 is 62.9 Å². The van der Waals surface area contributed by atoms with Gasteiger partial charge in [-0.05, 0) is 52.0 Å². The van der Waals surface area contributed by atoms with Crippen molar-refractivity contribution in [3.63, 3.8) is 0 Å². The Kier molecular flexibility index (Phi) is 9.54. The number of nitrogens with one attached hydrogen (secondary N) is 4. The summed E-state index contributed by atoms with van der Waals surface area (Å²) in [6.07, 6.45) is -0.469. The molecule has 0 aromatic heterocycles. The summed E-state index contributed by atoms with van der Waals surface area (Å²) in [5.74, 6) is -3.67. The molecule has 2 rings (SSSR count). The van der Waals surface area contributed by atoms with Crippen LogP contribution in [0.25, 0.3) is 0 Å². The summed E-state index contributed by atoms with van der Waals surface area (Å²) < 4.78 is 41.7. The van der Waals surface area contributed by atoms with Crippen LogP contribution in [0.5, 0.6) is 5.75 Å². The van der Waals surface area contributed by atoms with Gasteiger partial charge in [-0.25, -0.2) is 12.8 Å². The highest BCUT2D eigenvalue weighted by Crippen LogP contribution is 2.19. The number of halogens is 1. The van der Waals surface area contributed by atoms with Crippen LogP contribution < -0.4 is 20.7 Å². The number of benzene rings is 2. The first-order valence-electron chi connectivity index (χ1n) is 11.1. The van der Waals surface area contributed by atoms with E-state index in [2.05, 4.69) is 20.7 Å². The van der Waals surface area contributed by atoms with E-state index >= 15 is 0 Å². The van der Waals surface area contributed by atoms with E-state index in [0.29, 0.717) is 0 Å². The van der Waals surface area contributed by atoms with Crippen molar-refractivity contribution in [2.24, 2.45) is 0 Å². The van der Waals surface area contributed by atoms with E-state index in [1.165, 1.54) is 18.2 Å². The van der Waals surface area contributed by atoms with Crippen LogP contribution in [-0.2, 0) is 19.6 Å². The van der Waals surface area contributed by atoms with Crippen molar-refractivity contribution in [3.8, 4) is 5.75 Å². The molecule has 0 bridgehead atoms. The lowest BCUT2D eigenvalue weighted by atomic mass is 10.1. The first kappa shape index (κ1) is 28.7. The molecule has 196 valence electrons. The number of rotatable bonds is 10. The lowest BCUT2D eigenvalue weighted by Gasteiger charge is -2.23. The van der Waals surface area contributed by atoms with Crippen LogP contribution in [0.15, 0.2) is 47.4 Å². The highest BCUT2D eigenvalue weighted by molar-refractivity contribution is 7.89. The zero-order chi connectivity index (χ0) is 27.1. The van der Waals surface area contributed by atoms with E-state index in [4.69, 9.17) is 0 Å². The van der Waals surface area contributed by atoms with Crippen molar-refractivity contribution in [2.45, 2.75) is 50.6 Å². The second-order valence-corrected chi connectivity index (χ2v) is 10.9. The van der Waals surface area contributed by atoms with E-state index in [1.807, 2.05) is 0 Å². The lowest BCUT2D eigenvalue weighted by Crippen LogP contribution is -2.51. The van der Waals surface area contributed by atoms with Crippen LogP contribution in [0, 0.1) is 12.7 Å². The Morgan fingerprint density at radius 1 is 1.00 bits per heavy atom. The van der Waals surface area contributed by atoms with Crippen LogP contribution in [-0.4, -0.2) is 55.9 Å². The Hall–Kier alpha value is -3.51. The molecule has 0 saturated carbocycles. The normalized spacial score (nSPS) is 12.5. The van der Waals surface area contributed by atoms with Gasteiger partial charge in [0.2, 0.25) is 21.8 Å². The minimum absolute atomic E-state index is 0.0703. The van der Waals surface area contributed by atoms with E-state index in [9.17, 15) is 32.3 Å². The molecular weight excluding hydrogens is 491 g/mol. The third-order valence-corrected chi connectivity index (χ3v) is 6.27. The van der Waals surface area contributed by atoms with Crippen molar-refractivity contribution in [1.29, 1.82) is 0 Å². The molecule has 1 atom stereocenters. The molecule has 36 heavy (non-hydrogen) atoms. The van der Waals surface area contributed by atoms with Gasteiger partial charge in [0.15, 0.2) is 0 Å². The summed E-state index contributed by atoms with van der Waals surface area (Å²) in [6, 6.07) is 7.96. The maximum Gasteiger partial charge on any atom is 0.258 e. The molecule has 0 fully saturated rings. The topological polar surface area (TPSA) is 154 Å². The van der Waals surface area contributed by atoms with Gasteiger partial charge in [-0.1, -0.05) is 23.8 Å². The van der Waals surface area contributed by atoms with Crippen molar-refractivity contribution >= 4 is 27.7 Å². The van der Waals surface area contributed by atoms with Gasteiger partial charge in [0.05, 0.1) is 11.3 Å². The Labute approximate surface area is 209 Å². The highest BCUT2D eigenvalue weighted by atomic mass is 32.2. The first-order chi connectivity index (χ1) is 16.7. The summed E-state index contributed by atoms with van der Waals surface area (Å²) in [7, 11) is -4.13. The van der Waals surface area contributed by atoms with Crippen molar-refractivity contribution < 1.29 is 32.3 Å². The fourth-order valence-electron chi connectivity index (χ4n) is 3.13. The first-order valence-corrected chi connectivity index (χ1v) is 12.6. The number of phenols is 1. The average molecular weight is 523 g/mol. The number of sulfonamides is 1. The van der Waals surface area contributed by atoms with Crippen molar-refractivity contribution in [2.75, 3.05) is 13.1 Å². The second kappa shape index (κ2) is 12.0. The van der Waals surface area contributed by atoms with Crippen LogP contribution in [0.2, 0.25) is 0 Å². The molecule has 10 nitrogen and oxygen atoms in total. The summed E-state index contributed by atoms with van der Waals surface area (Å²) >= 11 is 0. The molecule has 5 N–H and O–H groups in total. The van der Waals surface area contributed by atoms with Gasteiger partial charge in [-0.15, -0.1) is 0 Å². The van der Waals surface area contributed by atoms with Crippen LogP contribution in [0.1, 0.15) is 43.1 Å². The maximum absolute atomic E-state index is 13.8. The monoisotopic (exact) mass is 522 g/mol. The smallest absolute Gasteiger partial charge is 0.258 e. The van der Waals surface area contributed by atoms with E-state index in [0.717, 1.165) is 17.7 Å². The molecule has 2 aromatic carbocycles. The standard InChI is InChI=1S/C24H31FN4O6S/c1-15-8-10-16(11-9-15)36(34,35)29-18(14-20(31)28-24(2,3)4)22(32)26-12-13-27-23(33)21-17(25)6-5-7-19(21)30/h5-11,18,29-30H,12-14H2,1-4H3,(H,26,32)(H,27,33)(H,28,31)/t18-/m0/s1. The van der Waals surface area contributed by atoms with Crippen LogP contribution >= 0.6 is 0 Å². The molecule has 0 spiro atoms. The molecular formula is C24H31FN4O6S. The molecule has 0 aliphatic rings. The molecule has 12 heteroatoms. The van der Waals surface area contributed by atoms with Gasteiger partial charge in [0.1, 0.15) is 23.2 Å². The van der Waals surface area contributed by atoms with Gasteiger partial charge in [-0.2, -0.15) is 4.72 Å². The third-order valence-electron chi connectivity index (χ3n) is 4.78. The summed E-state index contributed by atoms with van der Waals surface area (Å²) in [6.45, 7) is 6.72. The molecule has 0 aliphatic carbocycles. The number of carbonyl (C=O) groups is 3. The van der Waals surface area contributed by atoms with Gasteiger partial charge in [0, 0.05) is 18.6 Å². The zero-order valence-corrected chi connectivity index (χ0v) is 21.3. The predicted molar refractivity (Wildman–Crippen MR) is 131 cm³/mol. The second-order valence-electron chi connectivity index (χ2n) is 9.17. The lowest BCUT2D eigenvalue weighted by molar-refractivity contribution is -0.128. The Morgan fingerprint density at radius 3 is 2.19 bits per heavy atom. The quantitative estimate of drug-likeness (QED) is 0.297. The number of hydrogen-bond acceptors (Lipinski definition) is 6. The summed E-state index contributed by atoms with van der Waals surface area (Å²) in [4.78, 5) is 37.3. The molecule has 0 unspecified atom stereocenters. The molecule has 0 heterocycles. The fraction of sp³-hybridized carbons (Fsp3) is 0.375. The highest BCUT2D eigenvalue weighted by Gasteiger charge is 2.29. The van der Waals surface area contributed by atoms with Gasteiger partial charge < -0.3 is 21.1 Å². The Morgan fingerprint density at radius 2 is 1.61 bits per heavy atom. The number of phenolic OH excluding ortho intramolecular Hbond substituents is 1. The predicted octanol–water partition coefficient (Wildman–Crippen LogP) is 1.34. The SMILES string of the molecule is Cc1ccc(S(=O)(=O)N[C@@H](CC(=O)NC(C)(C)C)C(=O)NCCNC(=O)c2c(O)cccc2F)cc1. The fourth-order valence-corrected chi connectivity index (χ4v) is 4.32. The van der Waals surface area contributed by atoms with Gasteiger partial charge in [0.25, 0.3) is 5.91 Å². The third kappa shape index (κ3) is 8.61. The molecule has 0 aliphatic heterocycles. The van der Waals surface area contributed by atoms with Crippen LogP contribution in [0.4, 0.5) is 4.39 Å². The Bertz CT molecular complexity index is 1190. The summed E-state index contributed by atoms with van der Waals surface area (Å²) in [5.41, 5.74) is -0.291. The van der Waals surface area contributed by atoms with Crippen molar-refractivity contribution in [3.05, 3.63) is 59.4 Å². The maximum atomic E-state index is 13.8. The van der Waals surface area contributed by atoms with Crippen molar-refractivity contribution in [1.82, 2.24) is 20.7 Å². The number of carbonyl (C=O) groups excluding carboxylic acids is 3. The molecule has 0 radical (unpaired) electrons. The van der Waals surface area contributed by atoms with Crippen LogP contribution in [0.3, 0.4) is 0 Å². The largest absolute Gasteiger partial charge is 0.507 e. The number of aromatic hydroxyl groups is 1. The molecule has 2 aromatic rings.